The Morgan fingerprint density at radius 3 is 1.67 bits per heavy atom. The van der Waals surface area contributed by atoms with Crippen molar-refractivity contribution in [3.63, 3.8) is 0 Å². The van der Waals surface area contributed by atoms with Crippen molar-refractivity contribution in [2.75, 3.05) is 53.5 Å². The van der Waals surface area contributed by atoms with Crippen molar-refractivity contribution in [3.05, 3.63) is 0 Å². The highest BCUT2D eigenvalue weighted by molar-refractivity contribution is 5.72. The van der Waals surface area contributed by atoms with Gasteiger partial charge < -0.3 is 24.1 Å². The van der Waals surface area contributed by atoms with Crippen molar-refractivity contribution in [2.45, 2.75) is 66.6 Å². The molecule has 5 nitrogen and oxygen atoms in total. The number of ketones is 1. The molecule has 0 aliphatic carbocycles. The van der Waals surface area contributed by atoms with Crippen LogP contribution in [-0.2, 0) is 14.3 Å². The van der Waals surface area contributed by atoms with E-state index in [-0.39, 0.29) is 12.1 Å². The molecule has 0 saturated heterocycles. The molecule has 0 unspecified atom stereocenters. The van der Waals surface area contributed by atoms with Gasteiger partial charge in [0.2, 0.25) is 0 Å². The fourth-order valence-corrected chi connectivity index (χ4v) is 2.15. The first-order valence-corrected chi connectivity index (χ1v) is 9.44. The number of hydrogen-bond donors (Lipinski definition) is 0. The molecular formula is C19H42N2O3. The van der Waals surface area contributed by atoms with Gasteiger partial charge in [-0.25, -0.2) is 0 Å². The highest BCUT2D eigenvalue weighted by Crippen LogP contribution is 2.06. The molecule has 0 bridgehead atoms. The lowest BCUT2D eigenvalue weighted by Crippen LogP contribution is -2.25. The summed E-state index contributed by atoms with van der Waals surface area (Å²) in [6.45, 7) is 15.4. The van der Waals surface area contributed by atoms with Crippen LogP contribution < -0.4 is 0 Å². The Labute approximate surface area is 150 Å². The molecule has 0 spiro atoms. The Bertz CT molecular complexity index is 265. The number of hydrogen-bond acceptors (Lipinski definition) is 5. The van der Waals surface area contributed by atoms with Gasteiger partial charge in [-0.2, -0.15) is 0 Å². The highest BCUT2D eigenvalue weighted by Gasteiger charge is 2.08. The summed E-state index contributed by atoms with van der Waals surface area (Å²) in [5, 5.41) is 0. The molecule has 0 aliphatic heterocycles. The third-order valence-electron chi connectivity index (χ3n) is 3.55. The molecule has 0 heterocycles. The van der Waals surface area contributed by atoms with E-state index in [1.165, 1.54) is 39.8 Å². The maximum Gasteiger partial charge on any atom is 0.157 e. The first-order valence-electron chi connectivity index (χ1n) is 9.44. The molecular weight excluding hydrogens is 304 g/mol. The van der Waals surface area contributed by atoms with Gasteiger partial charge in [-0.15, -0.1) is 0 Å². The van der Waals surface area contributed by atoms with Gasteiger partial charge in [-0.1, -0.05) is 6.92 Å². The summed E-state index contributed by atoms with van der Waals surface area (Å²) in [6.07, 6.45) is 4.67. The molecule has 0 rings (SSSR count). The Kier molecular flexibility index (Phi) is 20.2. The van der Waals surface area contributed by atoms with Gasteiger partial charge in [-0.3, -0.25) is 0 Å². The van der Waals surface area contributed by atoms with Crippen LogP contribution in [0.15, 0.2) is 0 Å². The first-order chi connectivity index (χ1) is 11.4. The van der Waals surface area contributed by atoms with E-state index in [1.54, 1.807) is 0 Å². The Hall–Kier alpha value is -0.490. The van der Waals surface area contributed by atoms with Gasteiger partial charge in [0.15, 0.2) is 6.29 Å². The molecule has 0 aromatic rings. The van der Waals surface area contributed by atoms with E-state index in [4.69, 9.17) is 9.47 Å². The zero-order chi connectivity index (χ0) is 18.8. The zero-order valence-corrected chi connectivity index (χ0v) is 17.3. The van der Waals surface area contributed by atoms with E-state index < -0.39 is 0 Å². The molecule has 0 aliphatic rings. The van der Waals surface area contributed by atoms with Crippen LogP contribution in [-0.4, -0.2) is 75.4 Å². The average molecular weight is 347 g/mol. The van der Waals surface area contributed by atoms with Crippen LogP contribution in [0.2, 0.25) is 0 Å². The van der Waals surface area contributed by atoms with E-state index in [9.17, 15) is 4.79 Å². The zero-order valence-electron chi connectivity index (χ0n) is 17.3. The molecule has 0 atom stereocenters. The van der Waals surface area contributed by atoms with Crippen LogP contribution in [0.1, 0.15) is 60.3 Å². The molecule has 0 fully saturated rings. The Balaban J connectivity index is 0. The molecule has 5 heteroatoms. The van der Waals surface area contributed by atoms with Crippen LogP contribution in [0.3, 0.4) is 0 Å². The van der Waals surface area contributed by atoms with Gasteiger partial charge in [0.1, 0.15) is 5.78 Å². The standard InChI is InChI=1S/C16H36N2O2.C3H6O/c1-6-17(4)13-9-10-14-18(5)15-11-12-16(19-7-2)20-8-3;1-3(2)4/h16H,6-15H2,1-5H3;1-2H3. The molecule has 24 heavy (non-hydrogen) atoms. The minimum absolute atomic E-state index is 0.0170. The summed E-state index contributed by atoms with van der Waals surface area (Å²) < 4.78 is 11.1. The second-order valence-electron chi connectivity index (χ2n) is 6.30. The van der Waals surface area contributed by atoms with E-state index in [0.717, 1.165) is 39.1 Å². The minimum atomic E-state index is -0.0170. The number of unbranched alkanes of at least 4 members (excludes halogenated alkanes) is 1. The van der Waals surface area contributed by atoms with Gasteiger partial charge in [0.05, 0.1) is 0 Å². The molecule has 0 amide bonds. The van der Waals surface area contributed by atoms with Crippen LogP contribution in [0.4, 0.5) is 0 Å². The summed E-state index contributed by atoms with van der Waals surface area (Å²) in [7, 11) is 4.39. The summed E-state index contributed by atoms with van der Waals surface area (Å²) >= 11 is 0. The van der Waals surface area contributed by atoms with Crippen molar-refractivity contribution in [3.8, 4) is 0 Å². The smallest absolute Gasteiger partial charge is 0.157 e. The van der Waals surface area contributed by atoms with E-state index >= 15 is 0 Å². The molecule has 0 saturated carbocycles. The van der Waals surface area contributed by atoms with Crippen molar-refractivity contribution in [1.82, 2.24) is 9.80 Å². The average Bonchev–Trinajstić information content (AvgIpc) is 2.51. The first kappa shape index (κ1) is 25.7. The third-order valence-corrected chi connectivity index (χ3v) is 3.55. The van der Waals surface area contributed by atoms with Gasteiger partial charge in [0, 0.05) is 13.2 Å². The van der Waals surface area contributed by atoms with Crippen molar-refractivity contribution < 1.29 is 14.3 Å². The topological polar surface area (TPSA) is 42.0 Å². The predicted octanol–water partition coefficient (Wildman–Crippen LogP) is 3.42. The fourth-order valence-electron chi connectivity index (χ4n) is 2.15. The second-order valence-corrected chi connectivity index (χ2v) is 6.30. The predicted molar refractivity (Wildman–Crippen MR) is 103 cm³/mol. The quantitative estimate of drug-likeness (QED) is 0.356. The molecule has 0 radical (unpaired) electrons. The lowest BCUT2D eigenvalue weighted by atomic mass is 10.2. The number of nitrogens with zero attached hydrogens (tertiary/aromatic N) is 2. The van der Waals surface area contributed by atoms with E-state index in [1.807, 2.05) is 13.8 Å². The Morgan fingerprint density at radius 2 is 1.25 bits per heavy atom. The maximum atomic E-state index is 9.44. The van der Waals surface area contributed by atoms with E-state index in [0.29, 0.717) is 0 Å². The number of carbonyl (C=O) groups excluding carboxylic acids is 1. The van der Waals surface area contributed by atoms with Crippen molar-refractivity contribution in [1.29, 1.82) is 0 Å². The highest BCUT2D eigenvalue weighted by atomic mass is 16.7. The van der Waals surface area contributed by atoms with Crippen molar-refractivity contribution in [2.24, 2.45) is 0 Å². The van der Waals surface area contributed by atoms with Crippen LogP contribution in [0.5, 0.6) is 0 Å². The maximum absolute atomic E-state index is 9.44. The van der Waals surface area contributed by atoms with Gasteiger partial charge in [0.25, 0.3) is 0 Å². The molecule has 0 N–H and O–H groups in total. The van der Waals surface area contributed by atoms with Crippen LogP contribution in [0, 0.1) is 0 Å². The monoisotopic (exact) mass is 346 g/mol. The lowest BCUT2D eigenvalue weighted by molar-refractivity contribution is -0.140. The second kappa shape index (κ2) is 18.8. The SMILES string of the molecule is CC(C)=O.CCOC(CCCN(C)CCCCN(C)CC)OCC. The third kappa shape index (κ3) is 21.5. The van der Waals surface area contributed by atoms with Crippen LogP contribution >= 0.6 is 0 Å². The molecule has 146 valence electrons. The fraction of sp³-hybridized carbons (Fsp3) is 0.947. The van der Waals surface area contributed by atoms with E-state index in [2.05, 4.69) is 30.8 Å². The number of ether oxygens (including phenoxy) is 2. The van der Waals surface area contributed by atoms with Crippen molar-refractivity contribution >= 4 is 5.78 Å². The summed E-state index contributed by atoms with van der Waals surface area (Å²) in [6, 6.07) is 0. The minimum Gasteiger partial charge on any atom is -0.353 e. The number of rotatable bonds is 14. The molecule has 0 aromatic heterocycles. The summed E-state index contributed by atoms with van der Waals surface area (Å²) in [4.78, 5) is 14.2. The van der Waals surface area contributed by atoms with Gasteiger partial charge >= 0.3 is 0 Å². The lowest BCUT2D eigenvalue weighted by Gasteiger charge is -2.20. The Morgan fingerprint density at radius 1 is 0.833 bits per heavy atom. The number of Topliss-reactive ketones (excluding diaryl/α,β-unsaturated/α-hetero) is 1. The summed E-state index contributed by atoms with van der Waals surface area (Å²) in [5.41, 5.74) is 0. The number of carbonyl (C=O) groups is 1. The van der Waals surface area contributed by atoms with Gasteiger partial charge in [-0.05, 0) is 93.7 Å². The molecule has 0 aromatic carbocycles. The largest absolute Gasteiger partial charge is 0.353 e. The van der Waals surface area contributed by atoms with Crippen LogP contribution in [0.25, 0.3) is 0 Å². The normalized spacial score (nSPS) is 11.1. The summed E-state index contributed by atoms with van der Waals surface area (Å²) in [5.74, 6) is 0.167.